The first-order chi connectivity index (χ1) is 9.66. The highest BCUT2D eigenvalue weighted by atomic mass is 32.2. The average Bonchev–Trinajstić information content (AvgIpc) is 2.87. The van der Waals surface area contributed by atoms with Crippen LogP contribution in [0.5, 0.6) is 0 Å². The number of hydrogen-bond acceptors (Lipinski definition) is 4. The quantitative estimate of drug-likeness (QED) is 0.843. The monoisotopic (exact) mass is 310 g/mol. The van der Waals surface area contributed by atoms with Crippen LogP contribution in [0.15, 0.2) is 30.3 Å². The Hall–Kier alpha value is -0.650. The summed E-state index contributed by atoms with van der Waals surface area (Å²) in [6.45, 7) is 2.18. The Morgan fingerprint density at radius 1 is 1.35 bits per heavy atom. The molecule has 1 aliphatic rings. The van der Waals surface area contributed by atoms with Gasteiger partial charge in [-0.05, 0) is 31.1 Å². The van der Waals surface area contributed by atoms with Crippen LogP contribution >= 0.6 is 23.5 Å². The van der Waals surface area contributed by atoms with E-state index in [0.717, 1.165) is 24.8 Å². The Kier molecular flexibility index (Phi) is 5.41. The molecule has 1 aromatic carbocycles. The molecule has 1 saturated heterocycles. The van der Waals surface area contributed by atoms with Crippen LogP contribution in [0.3, 0.4) is 0 Å². The van der Waals surface area contributed by atoms with Crippen molar-refractivity contribution in [2.45, 2.75) is 36.4 Å². The van der Waals surface area contributed by atoms with E-state index in [2.05, 4.69) is 24.9 Å². The lowest BCUT2D eigenvalue weighted by Crippen LogP contribution is -2.48. The van der Waals surface area contributed by atoms with Gasteiger partial charge in [-0.1, -0.05) is 31.5 Å². The second-order valence-corrected chi connectivity index (χ2v) is 7.37. The van der Waals surface area contributed by atoms with Crippen LogP contribution in [0.1, 0.15) is 36.5 Å². The van der Waals surface area contributed by atoms with Crippen molar-refractivity contribution < 1.29 is 4.79 Å². The summed E-state index contributed by atoms with van der Waals surface area (Å²) in [6.07, 6.45) is 7.38. The van der Waals surface area contributed by atoms with Crippen molar-refractivity contribution in [1.29, 1.82) is 0 Å². The van der Waals surface area contributed by atoms with Crippen LogP contribution in [-0.2, 0) is 0 Å². The van der Waals surface area contributed by atoms with Crippen LogP contribution < -0.4 is 5.43 Å². The number of amides is 1. The van der Waals surface area contributed by atoms with Crippen molar-refractivity contribution in [3.05, 3.63) is 35.9 Å². The zero-order valence-corrected chi connectivity index (χ0v) is 13.9. The number of nitrogens with zero attached hydrogens (tertiary/aromatic N) is 1. The van der Waals surface area contributed by atoms with Gasteiger partial charge in [-0.2, -0.15) is 0 Å². The molecule has 1 aromatic rings. The molecule has 3 nitrogen and oxygen atoms in total. The molecule has 1 N–H and O–H groups in total. The van der Waals surface area contributed by atoms with Gasteiger partial charge in [0.2, 0.25) is 0 Å². The molecule has 20 heavy (non-hydrogen) atoms. The van der Waals surface area contributed by atoms with E-state index in [1.165, 1.54) is 0 Å². The summed E-state index contributed by atoms with van der Waals surface area (Å²) < 4.78 is -0.202. The SMILES string of the molecule is CCC[C@H]1CC(SC)(SC)N(C(=O)c2ccccc2)N1. The maximum atomic E-state index is 12.8. The van der Waals surface area contributed by atoms with Gasteiger partial charge in [-0.25, -0.2) is 10.4 Å². The molecule has 1 atom stereocenters. The van der Waals surface area contributed by atoms with Gasteiger partial charge in [0, 0.05) is 18.0 Å². The van der Waals surface area contributed by atoms with Crippen molar-refractivity contribution >= 4 is 29.4 Å². The Morgan fingerprint density at radius 3 is 2.55 bits per heavy atom. The van der Waals surface area contributed by atoms with E-state index in [-0.39, 0.29) is 10.1 Å². The molecular weight excluding hydrogens is 288 g/mol. The summed E-state index contributed by atoms with van der Waals surface area (Å²) in [5.41, 5.74) is 4.17. The number of hydrazine groups is 1. The summed E-state index contributed by atoms with van der Waals surface area (Å²) in [4.78, 5) is 12.8. The molecule has 0 spiro atoms. The van der Waals surface area contributed by atoms with Crippen molar-refractivity contribution in [3.63, 3.8) is 0 Å². The smallest absolute Gasteiger partial charge is 0.268 e. The van der Waals surface area contributed by atoms with Gasteiger partial charge in [0.15, 0.2) is 4.20 Å². The minimum absolute atomic E-state index is 0.0629. The first kappa shape index (κ1) is 15.7. The second-order valence-electron chi connectivity index (χ2n) is 4.95. The van der Waals surface area contributed by atoms with Crippen LogP contribution in [0, 0.1) is 0 Å². The fourth-order valence-corrected chi connectivity index (χ4v) is 4.64. The summed E-state index contributed by atoms with van der Waals surface area (Å²) in [5.74, 6) is 0.0629. The van der Waals surface area contributed by atoms with Gasteiger partial charge in [-0.3, -0.25) is 4.79 Å². The molecule has 1 heterocycles. The molecule has 1 fully saturated rings. The molecular formula is C15H22N2OS2. The van der Waals surface area contributed by atoms with Crippen molar-refractivity contribution in [3.8, 4) is 0 Å². The second kappa shape index (κ2) is 6.87. The third-order valence-electron chi connectivity index (χ3n) is 3.66. The number of rotatable bonds is 5. The van der Waals surface area contributed by atoms with E-state index in [9.17, 15) is 4.79 Å². The molecule has 1 amide bonds. The van der Waals surface area contributed by atoms with E-state index >= 15 is 0 Å². The van der Waals surface area contributed by atoms with Crippen LogP contribution in [-0.4, -0.2) is 33.7 Å². The van der Waals surface area contributed by atoms with Crippen molar-refractivity contribution in [2.75, 3.05) is 12.5 Å². The zero-order valence-electron chi connectivity index (χ0n) is 12.3. The standard InChI is InChI=1S/C15H22N2OS2/c1-4-8-13-11-15(19-2,20-3)17(16-13)14(18)12-9-6-5-7-10-12/h5-7,9-10,13,16H,4,8,11H2,1-3H3/t13-/m0/s1. The van der Waals surface area contributed by atoms with Crippen molar-refractivity contribution in [2.24, 2.45) is 0 Å². The van der Waals surface area contributed by atoms with Gasteiger partial charge >= 0.3 is 0 Å². The molecule has 2 rings (SSSR count). The minimum atomic E-state index is -0.202. The molecule has 1 aliphatic heterocycles. The predicted octanol–water partition coefficient (Wildman–Crippen LogP) is 3.59. The van der Waals surface area contributed by atoms with Gasteiger partial charge in [-0.15, -0.1) is 23.5 Å². The highest BCUT2D eigenvalue weighted by Crippen LogP contribution is 2.45. The lowest BCUT2D eigenvalue weighted by Gasteiger charge is -2.34. The summed E-state index contributed by atoms with van der Waals surface area (Å²) in [5, 5.41) is 1.85. The molecule has 0 aliphatic carbocycles. The maximum absolute atomic E-state index is 12.8. The number of carbonyl (C=O) groups excluding carboxylic acids is 1. The molecule has 0 unspecified atom stereocenters. The van der Waals surface area contributed by atoms with Crippen LogP contribution in [0.25, 0.3) is 0 Å². The minimum Gasteiger partial charge on any atom is -0.268 e. The fourth-order valence-electron chi connectivity index (χ4n) is 2.60. The van der Waals surface area contributed by atoms with E-state index < -0.39 is 0 Å². The lowest BCUT2D eigenvalue weighted by molar-refractivity contribution is 0.0674. The Labute approximate surface area is 129 Å². The normalized spacial score (nSPS) is 21.1. The zero-order chi connectivity index (χ0) is 14.6. The van der Waals surface area contributed by atoms with Gasteiger partial charge in [0.25, 0.3) is 5.91 Å². The summed E-state index contributed by atoms with van der Waals surface area (Å²) in [7, 11) is 0. The number of thioether (sulfide) groups is 2. The Bertz CT molecular complexity index is 448. The summed E-state index contributed by atoms with van der Waals surface area (Å²) in [6, 6.07) is 9.89. The van der Waals surface area contributed by atoms with Gasteiger partial charge in [0.1, 0.15) is 0 Å². The maximum Gasteiger partial charge on any atom is 0.270 e. The van der Waals surface area contributed by atoms with E-state index in [1.54, 1.807) is 23.5 Å². The average molecular weight is 310 g/mol. The number of hydrogen-bond donors (Lipinski definition) is 1. The molecule has 5 heteroatoms. The van der Waals surface area contributed by atoms with E-state index in [0.29, 0.717) is 6.04 Å². The highest BCUT2D eigenvalue weighted by Gasteiger charge is 2.47. The molecule has 0 aromatic heterocycles. The largest absolute Gasteiger partial charge is 0.270 e. The van der Waals surface area contributed by atoms with Crippen LogP contribution in [0.2, 0.25) is 0 Å². The van der Waals surface area contributed by atoms with E-state index in [4.69, 9.17) is 0 Å². The van der Waals surface area contributed by atoms with E-state index in [1.807, 2.05) is 35.3 Å². The number of benzene rings is 1. The first-order valence-corrected chi connectivity index (χ1v) is 9.38. The van der Waals surface area contributed by atoms with Gasteiger partial charge in [0.05, 0.1) is 0 Å². The van der Waals surface area contributed by atoms with Crippen molar-refractivity contribution in [1.82, 2.24) is 10.4 Å². The number of nitrogens with one attached hydrogen (secondary N) is 1. The first-order valence-electron chi connectivity index (χ1n) is 6.93. The molecule has 110 valence electrons. The van der Waals surface area contributed by atoms with Gasteiger partial charge < -0.3 is 0 Å². The third kappa shape index (κ3) is 3.00. The Balaban J connectivity index is 2.25. The highest BCUT2D eigenvalue weighted by molar-refractivity contribution is 8.17. The summed E-state index contributed by atoms with van der Waals surface area (Å²) >= 11 is 3.49. The topological polar surface area (TPSA) is 32.3 Å². The number of carbonyl (C=O) groups is 1. The Morgan fingerprint density at radius 2 is 2.00 bits per heavy atom. The molecule has 0 saturated carbocycles. The third-order valence-corrected chi connectivity index (χ3v) is 6.63. The van der Waals surface area contributed by atoms with Crippen LogP contribution in [0.4, 0.5) is 0 Å². The fraction of sp³-hybridized carbons (Fsp3) is 0.533. The molecule has 0 bridgehead atoms. The predicted molar refractivity (Wildman–Crippen MR) is 88.8 cm³/mol. The molecule has 0 radical (unpaired) electrons. The lowest BCUT2D eigenvalue weighted by atomic mass is 10.1.